The lowest BCUT2D eigenvalue weighted by molar-refractivity contribution is -0.121. The van der Waals surface area contributed by atoms with Crippen molar-refractivity contribution in [3.63, 3.8) is 0 Å². The molecule has 0 atom stereocenters. The molecule has 6 nitrogen and oxygen atoms in total. The summed E-state index contributed by atoms with van der Waals surface area (Å²) in [6, 6.07) is 15.7. The SMILES string of the molecule is CN(C)c1ccc(/C=N\NC(=O)CCc2nc3ccccc3[nH]2)cc1. The fourth-order valence-corrected chi connectivity index (χ4v) is 2.45. The summed E-state index contributed by atoms with van der Waals surface area (Å²) in [5, 5.41) is 4.00. The third-order valence-corrected chi connectivity index (χ3v) is 3.84. The standard InChI is InChI=1S/C19H21N5O/c1-24(2)15-9-7-14(8-10-15)13-20-23-19(25)12-11-18-21-16-5-3-4-6-17(16)22-18/h3-10,13H,11-12H2,1-2H3,(H,21,22)(H,23,25)/b20-13-. The van der Waals surface area contributed by atoms with Gasteiger partial charge in [-0.2, -0.15) is 5.10 Å². The number of nitrogens with zero attached hydrogens (tertiary/aromatic N) is 3. The average Bonchev–Trinajstić information content (AvgIpc) is 3.03. The zero-order valence-corrected chi connectivity index (χ0v) is 14.4. The zero-order valence-electron chi connectivity index (χ0n) is 14.4. The van der Waals surface area contributed by atoms with Crippen LogP contribution in [0.1, 0.15) is 17.8 Å². The Morgan fingerprint density at radius 1 is 1.20 bits per heavy atom. The molecule has 0 unspecified atom stereocenters. The molecule has 0 fully saturated rings. The number of rotatable bonds is 6. The van der Waals surface area contributed by atoms with Crippen LogP contribution in [-0.2, 0) is 11.2 Å². The van der Waals surface area contributed by atoms with E-state index in [9.17, 15) is 4.79 Å². The third-order valence-electron chi connectivity index (χ3n) is 3.84. The molecule has 0 saturated heterocycles. The molecule has 0 saturated carbocycles. The molecule has 1 amide bonds. The van der Waals surface area contributed by atoms with Crippen LogP contribution in [0.4, 0.5) is 5.69 Å². The molecule has 0 aliphatic rings. The molecule has 6 heteroatoms. The Morgan fingerprint density at radius 2 is 1.96 bits per heavy atom. The number of hydrogen-bond acceptors (Lipinski definition) is 4. The number of anilines is 1. The molecule has 1 heterocycles. The maximum atomic E-state index is 11.9. The van der Waals surface area contributed by atoms with Crippen molar-refractivity contribution in [1.29, 1.82) is 0 Å². The highest BCUT2D eigenvalue weighted by Gasteiger charge is 2.05. The molecule has 2 aromatic carbocycles. The summed E-state index contributed by atoms with van der Waals surface area (Å²) < 4.78 is 0. The Hall–Kier alpha value is -3.15. The van der Waals surface area contributed by atoms with Crippen molar-refractivity contribution < 1.29 is 4.79 Å². The number of fused-ring (bicyclic) bond motifs is 1. The lowest BCUT2D eigenvalue weighted by Gasteiger charge is -2.11. The maximum Gasteiger partial charge on any atom is 0.240 e. The van der Waals surface area contributed by atoms with E-state index in [1.54, 1.807) is 6.21 Å². The van der Waals surface area contributed by atoms with Crippen LogP contribution in [0.25, 0.3) is 11.0 Å². The van der Waals surface area contributed by atoms with Crippen LogP contribution in [0.2, 0.25) is 0 Å². The van der Waals surface area contributed by atoms with Crippen molar-refractivity contribution in [3.05, 3.63) is 59.9 Å². The van der Waals surface area contributed by atoms with Gasteiger partial charge in [-0.1, -0.05) is 24.3 Å². The van der Waals surface area contributed by atoms with Gasteiger partial charge in [-0.3, -0.25) is 4.79 Å². The fourth-order valence-electron chi connectivity index (χ4n) is 2.45. The van der Waals surface area contributed by atoms with Crippen LogP contribution in [0, 0.1) is 0 Å². The molecule has 0 bridgehead atoms. The Bertz CT molecular complexity index is 847. The topological polar surface area (TPSA) is 73.4 Å². The van der Waals surface area contributed by atoms with Gasteiger partial charge in [0.05, 0.1) is 17.2 Å². The number of hydrazone groups is 1. The summed E-state index contributed by atoms with van der Waals surface area (Å²) >= 11 is 0. The van der Waals surface area contributed by atoms with E-state index < -0.39 is 0 Å². The molecule has 128 valence electrons. The molecular weight excluding hydrogens is 314 g/mol. The summed E-state index contributed by atoms with van der Waals surface area (Å²) in [5.41, 5.74) is 6.50. The number of H-pyrrole nitrogens is 1. The molecule has 0 aliphatic carbocycles. The number of carbonyl (C=O) groups excluding carboxylic acids is 1. The quantitative estimate of drug-likeness (QED) is 0.537. The van der Waals surface area contributed by atoms with Gasteiger partial charge in [0.1, 0.15) is 5.82 Å². The van der Waals surface area contributed by atoms with Gasteiger partial charge >= 0.3 is 0 Å². The van der Waals surface area contributed by atoms with Gasteiger partial charge in [0, 0.05) is 32.6 Å². The van der Waals surface area contributed by atoms with E-state index in [1.807, 2.05) is 67.5 Å². The highest BCUT2D eigenvalue weighted by Crippen LogP contribution is 2.12. The molecule has 3 aromatic rings. The van der Waals surface area contributed by atoms with Crippen molar-refractivity contribution in [2.75, 3.05) is 19.0 Å². The Labute approximate surface area is 146 Å². The first-order chi connectivity index (χ1) is 12.1. The number of hydrogen-bond donors (Lipinski definition) is 2. The zero-order chi connectivity index (χ0) is 17.6. The first kappa shape index (κ1) is 16.7. The van der Waals surface area contributed by atoms with E-state index >= 15 is 0 Å². The highest BCUT2D eigenvalue weighted by molar-refractivity contribution is 5.83. The van der Waals surface area contributed by atoms with Gasteiger partial charge in [-0.15, -0.1) is 0 Å². The highest BCUT2D eigenvalue weighted by atomic mass is 16.2. The normalized spacial score (nSPS) is 11.1. The van der Waals surface area contributed by atoms with Gasteiger partial charge in [0.15, 0.2) is 0 Å². The minimum Gasteiger partial charge on any atom is -0.378 e. The molecule has 0 spiro atoms. The minimum atomic E-state index is -0.137. The van der Waals surface area contributed by atoms with Gasteiger partial charge in [0.2, 0.25) is 5.91 Å². The van der Waals surface area contributed by atoms with E-state index in [2.05, 4.69) is 20.5 Å². The van der Waals surface area contributed by atoms with Gasteiger partial charge in [-0.05, 0) is 29.8 Å². The monoisotopic (exact) mass is 335 g/mol. The molecule has 0 radical (unpaired) electrons. The van der Waals surface area contributed by atoms with Crippen molar-refractivity contribution in [1.82, 2.24) is 15.4 Å². The first-order valence-electron chi connectivity index (χ1n) is 8.15. The smallest absolute Gasteiger partial charge is 0.240 e. The van der Waals surface area contributed by atoms with Crippen molar-refractivity contribution in [2.24, 2.45) is 5.10 Å². The largest absolute Gasteiger partial charge is 0.378 e. The number of benzene rings is 2. The Morgan fingerprint density at radius 3 is 2.68 bits per heavy atom. The lowest BCUT2D eigenvalue weighted by Crippen LogP contribution is -2.18. The second-order valence-electron chi connectivity index (χ2n) is 5.98. The van der Waals surface area contributed by atoms with Gasteiger partial charge in [-0.25, -0.2) is 10.4 Å². The van der Waals surface area contributed by atoms with E-state index in [0.717, 1.165) is 28.1 Å². The summed E-state index contributed by atoms with van der Waals surface area (Å²) in [6.45, 7) is 0. The van der Waals surface area contributed by atoms with Crippen LogP contribution >= 0.6 is 0 Å². The number of amides is 1. The first-order valence-corrected chi connectivity index (χ1v) is 8.15. The van der Waals surface area contributed by atoms with Gasteiger partial charge in [0.25, 0.3) is 0 Å². The molecule has 0 aliphatic heterocycles. The van der Waals surface area contributed by atoms with E-state index in [1.165, 1.54) is 0 Å². The second kappa shape index (κ2) is 7.61. The van der Waals surface area contributed by atoms with Crippen LogP contribution in [0.15, 0.2) is 53.6 Å². The third kappa shape index (κ3) is 4.44. The van der Waals surface area contributed by atoms with E-state index in [0.29, 0.717) is 12.8 Å². The number of aryl methyl sites for hydroxylation is 1. The molecule has 2 N–H and O–H groups in total. The predicted octanol–water partition coefficient (Wildman–Crippen LogP) is 2.71. The maximum absolute atomic E-state index is 11.9. The lowest BCUT2D eigenvalue weighted by atomic mass is 10.2. The number of aromatic nitrogens is 2. The minimum absolute atomic E-state index is 0.137. The second-order valence-corrected chi connectivity index (χ2v) is 5.98. The Balaban J connectivity index is 1.48. The summed E-state index contributed by atoms with van der Waals surface area (Å²) in [5.74, 6) is 0.668. The molecular formula is C19H21N5O. The molecule has 1 aromatic heterocycles. The van der Waals surface area contributed by atoms with Gasteiger partial charge < -0.3 is 9.88 Å². The van der Waals surface area contributed by atoms with E-state index in [-0.39, 0.29) is 5.91 Å². The number of imidazole rings is 1. The van der Waals surface area contributed by atoms with Crippen LogP contribution in [-0.4, -0.2) is 36.2 Å². The Kier molecular flexibility index (Phi) is 5.09. The van der Waals surface area contributed by atoms with Crippen molar-refractivity contribution in [2.45, 2.75) is 12.8 Å². The summed E-state index contributed by atoms with van der Waals surface area (Å²) in [4.78, 5) is 21.6. The van der Waals surface area contributed by atoms with Crippen LogP contribution in [0.3, 0.4) is 0 Å². The van der Waals surface area contributed by atoms with Crippen LogP contribution in [0.5, 0.6) is 0 Å². The number of nitrogens with one attached hydrogen (secondary N) is 2. The summed E-state index contributed by atoms with van der Waals surface area (Å²) in [6.07, 6.45) is 2.52. The predicted molar refractivity (Wildman–Crippen MR) is 101 cm³/mol. The van der Waals surface area contributed by atoms with Crippen LogP contribution < -0.4 is 10.3 Å². The average molecular weight is 335 g/mol. The van der Waals surface area contributed by atoms with Crippen molar-refractivity contribution in [3.8, 4) is 0 Å². The number of carbonyl (C=O) groups is 1. The number of para-hydroxylation sites is 2. The van der Waals surface area contributed by atoms with Crippen molar-refractivity contribution >= 4 is 28.8 Å². The molecule has 25 heavy (non-hydrogen) atoms. The fraction of sp³-hybridized carbons (Fsp3) is 0.211. The summed E-state index contributed by atoms with van der Waals surface area (Å²) in [7, 11) is 3.98. The number of aromatic amines is 1. The van der Waals surface area contributed by atoms with E-state index in [4.69, 9.17) is 0 Å². The molecule has 3 rings (SSSR count).